The second-order valence-electron chi connectivity index (χ2n) is 5.36. The minimum Gasteiger partial charge on any atom is -0.330 e. The van der Waals surface area contributed by atoms with Gasteiger partial charge in [-0.05, 0) is 51.5 Å². The maximum Gasteiger partial charge on any atom is -0.00773 e. The highest BCUT2D eigenvalue weighted by molar-refractivity contribution is 4.88. The SMILES string of the molecule is CCCCCCC=CCCC=CCCCCCCN. The van der Waals surface area contributed by atoms with Gasteiger partial charge in [0.25, 0.3) is 0 Å². The van der Waals surface area contributed by atoms with Crippen molar-refractivity contribution in [2.24, 2.45) is 5.73 Å². The first-order valence-corrected chi connectivity index (χ1v) is 8.42. The van der Waals surface area contributed by atoms with Crippen LogP contribution in [-0.2, 0) is 0 Å². The monoisotopic (exact) mass is 265 g/mol. The lowest BCUT2D eigenvalue weighted by molar-refractivity contribution is 0.652. The number of unbranched alkanes of at least 4 members (excludes halogenated alkanes) is 9. The average molecular weight is 265 g/mol. The van der Waals surface area contributed by atoms with E-state index in [0.717, 1.165) is 6.54 Å². The quantitative estimate of drug-likeness (QED) is 0.314. The van der Waals surface area contributed by atoms with Gasteiger partial charge in [0.05, 0.1) is 0 Å². The highest BCUT2D eigenvalue weighted by Gasteiger charge is 1.86. The van der Waals surface area contributed by atoms with Crippen LogP contribution in [0.2, 0.25) is 0 Å². The fraction of sp³-hybridized carbons (Fsp3) is 0.778. The summed E-state index contributed by atoms with van der Waals surface area (Å²) in [4.78, 5) is 0. The van der Waals surface area contributed by atoms with E-state index in [0.29, 0.717) is 0 Å². The summed E-state index contributed by atoms with van der Waals surface area (Å²) in [6.45, 7) is 3.11. The van der Waals surface area contributed by atoms with Crippen molar-refractivity contribution in [2.75, 3.05) is 6.54 Å². The third-order valence-electron chi connectivity index (χ3n) is 3.38. The molecule has 0 aliphatic heterocycles. The van der Waals surface area contributed by atoms with Gasteiger partial charge in [-0.3, -0.25) is 0 Å². The molecule has 0 atom stereocenters. The molecule has 0 amide bonds. The molecular weight excluding hydrogens is 230 g/mol. The molecule has 0 aromatic carbocycles. The minimum absolute atomic E-state index is 0.848. The predicted octanol–water partition coefficient (Wildman–Crippen LogP) is 5.76. The molecule has 0 bridgehead atoms. The maximum atomic E-state index is 5.46. The van der Waals surface area contributed by atoms with Crippen molar-refractivity contribution in [3.05, 3.63) is 24.3 Å². The van der Waals surface area contributed by atoms with Gasteiger partial charge in [0, 0.05) is 0 Å². The van der Waals surface area contributed by atoms with Crippen LogP contribution in [0.3, 0.4) is 0 Å². The molecular formula is C18H35N. The molecule has 0 heterocycles. The molecule has 19 heavy (non-hydrogen) atoms. The Labute approximate surface area is 121 Å². The first-order chi connectivity index (χ1) is 9.41. The highest BCUT2D eigenvalue weighted by atomic mass is 14.5. The Balaban J connectivity index is 3.13. The van der Waals surface area contributed by atoms with E-state index >= 15 is 0 Å². The molecule has 1 heteroatoms. The molecule has 0 aromatic rings. The maximum absolute atomic E-state index is 5.46. The summed E-state index contributed by atoms with van der Waals surface area (Å²) in [5.74, 6) is 0. The van der Waals surface area contributed by atoms with Crippen molar-refractivity contribution in [3.8, 4) is 0 Å². The Hall–Kier alpha value is -0.560. The van der Waals surface area contributed by atoms with E-state index in [9.17, 15) is 0 Å². The van der Waals surface area contributed by atoms with Crippen molar-refractivity contribution in [2.45, 2.75) is 84.0 Å². The molecule has 0 saturated heterocycles. The smallest absolute Gasteiger partial charge is 0.00773 e. The number of hydrogen-bond acceptors (Lipinski definition) is 1. The molecule has 0 rings (SSSR count). The van der Waals surface area contributed by atoms with E-state index in [2.05, 4.69) is 31.2 Å². The topological polar surface area (TPSA) is 26.0 Å². The third-order valence-corrected chi connectivity index (χ3v) is 3.38. The zero-order chi connectivity index (χ0) is 14.0. The molecule has 0 aromatic heterocycles. The highest BCUT2D eigenvalue weighted by Crippen LogP contribution is 2.05. The molecule has 0 spiro atoms. The molecule has 0 unspecified atom stereocenters. The Morgan fingerprint density at radius 2 is 1.05 bits per heavy atom. The molecule has 0 saturated carbocycles. The predicted molar refractivity (Wildman–Crippen MR) is 88.4 cm³/mol. The Kier molecular flexibility index (Phi) is 16.9. The largest absolute Gasteiger partial charge is 0.330 e. The Morgan fingerprint density at radius 3 is 1.58 bits per heavy atom. The van der Waals surface area contributed by atoms with Gasteiger partial charge in [-0.25, -0.2) is 0 Å². The second kappa shape index (κ2) is 17.4. The summed E-state index contributed by atoms with van der Waals surface area (Å²) in [5.41, 5.74) is 5.46. The standard InChI is InChI=1S/C18H35N/c1-2-3-4-5-6-7-8-9-10-11-12-13-14-15-16-17-18-19/h7-8,11-12H,2-6,9-10,13-19H2,1H3. The van der Waals surface area contributed by atoms with Gasteiger partial charge in [-0.2, -0.15) is 0 Å². The Bertz CT molecular complexity index is 206. The van der Waals surface area contributed by atoms with Crippen molar-refractivity contribution in [3.63, 3.8) is 0 Å². The lowest BCUT2D eigenvalue weighted by Crippen LogP contribution is -1.97. The lowest BCUT2D eigenvalue weighted by Gasteiger charge is -1.96. The number of allylic oxidation sites excluding steroid dienone is 4. The summed E-state index contributed by atoms with van der Waals surface area (Å²) in [5, 5.41) is 0. The zero-order valence-corrected chi connectivity index (χ0v) is 13.1. The average Bonchev–Trinajstić information content (AvgIpc) is 2.43. The second-order valence-corrected chi connectivity index (χ2v) is 5.36. The van der Waals surface area contributed by atoms with Crippen LogP contribution < -0.4 is 5.73 Å². The Morgan fingerprint density at radius 1 is 0.579 bits per heavy atom. The van der Waals surface area contributed by atoms with Crippen LogP contribution in [0.5, 0.6) is 0 Å². The van der Waals surface area contributed by atoms with Crippen LogP contribution in [0.1, 0.15) is 84.0 Å². The summed E-state index contributed by atoms with van der Waals surface area (Å²) in [6, 6.07) is 0. The van der Waals surface area contributed by atoms with Crippen LogP contribution in [0.25, 0.3) is 0 Å². The number of hydrogen-bond donors (Lipinski definition) is 1. The van der Waals surface area contributed by atoms with Gasteiger partial charge in [-0.15, -0.1) is 0 Å². The van der Waals surface area contributed by atoms with Crippen molar-refractivity contribution < 1.29 is 0 Å². The first-order valence-electron chi connectivity index (χ1n) is 8.42. The fourth-order valence-electron chi connectivity index (χ4n) is 2.11. The van der Waals surface area contributed by atoms with Crippen LogP contribution in [0.4, 0.5) is 0 Å². The van der Waals surface area contributed by atoms with Crippen LogP contribution >= 0.6 is 0 Å². The van der Waals surface area contributed by atoms with E-state index in [1.165, 1.54) is 77.0 Å². The van der Waals surface area contributed by atoms with Gasteiger partial charge in [-0.1, -0.05) is 63.3 Å². The zero-order valence-electron chi connectivity index (χ0n) is 13.1. The lowest BCUT2D eigenvalue weighted by atomic mass is 10.1. The number of nitrogens with two attached hydrogens (primary N) is 1. The van der Waals surface area contributed by atoms with E-state index in [4.69, 9.17) is 5.73 Å². The molecule has 0 aliphatic rings. The molecule has 112 valence electrons. The van der Waals surface area contributed by atoms with Gasteiger partial charge in [0.2, 0.25) is 0 Å². The summed E-state index contributed by atoms with van der Waals surface area (Å²) in [7, 11) is 0. The third kappa shape index (κ3) is 17.4. The van der Waals surface area contributed by atoms with Gasteiger partial charge >= 0.3 is 0 Å². The summed E-state index contributed by atoms with van der Waals surface area (Å²) >= 11 is 0. The fourth-order valence-corrected chi connectivity index (χ4v) is 2.11. The van der Waals surface area contributed by atoms with E-state index in [1.807, 2.05) is 0 Å². The van der Waals surface area contributed by atoms with E-state index in [1.54, 1.807) is 0 Å². The van der Waals surface area contributed by atoms with Gasteiger partial charge < -0.3 is 5.73 Å². The number of rotatable bonds is 14. The van der Waals surface area contributed by atoms with Crippen molar-refractivity contribution in [1.82, 2.24) is 0 Å². The van der Waals surface area contributed by atoms with Crippen LogP contribution in [0.15, 0.2) is 24.3 Å². The molecule has 1 nitrogen and oxygen atoms in total. The van der Waals surface area contributed by atoms with E-state index < -0.39 is 0 Å². The molecule has 0 aliphatic carbocycles. The van der Waals surface area contributed by atoms with Crippen LogP contribution in [0, 0.1) is 0 Å². The van der Waals surface area contributed by atoms with Crippen molar-refractivity contribution in [1.29, 1.82) is 0 Å². The molecule has 0 fully saturated rings. The van der Waals surface area contributed by atoms with Crippen molar-refractivity contribution >= 4 is 0 Å². The van der Waals surface area contributed by atoms with E-state index in [-0.39, 0.29) is 0 Å². The molecule has 0 radical (unpaired) electrons. The first kappa shape index (κ1) is 18.4. The summed E-state index contributed by atoms with van der Waals surface area (Å²) < 4.78 is 0. The molecule has 2 N–H and O–H groups in total. The van der Waals surface area contributed by atoms with Crippen LogP contribution in [-0.4, -0.2) is 6.54 Å². The minimum atomic E-state index is 0.848. The summed E-state index contributed by atoms with van der Waals surface area (Å²) in [6.07, 6.45) is 24.9. The van der Waals surface area contributed by atoms with Gasteiger partial charge in [0.1, 0.15) is 0 Å². The normalized spacial score (nSPS) is 11.9. The van der Waals surface area contributed by atoms with Gasteiger partial charge in [0.15, 0.2) is 0 Å².